The summed E-state index contributed by atoms with van der Waals surface area (Å²) < 4.78 is 29.7. The number of ether oxygens (including phenoxy) is 1. The molecule has 2 rings (SSSR count). The quantitative estimate of drug-likeness (QED) is 0.802. The minimum Gasteiger partial charge on any atom is -0.378 e. The second kappa shape index (κ2) is 6.87. The van der Waals surface area contributed by atoms with E-state index in [1.54, 1.807) is 0 Å². The molecule has 6 nitrogen and oxygen atoms in total. The third kappa shape index (κ3) is 4.71. The van der Waals surface area contributed by atoms with Crippen LogP contribution in [0.15, 0.2) is 0 Å². The molecule has 0 radical (unpaired) electrons. The molecule has 2 fully saturated rings. The number of nitrogens with zero attached hydrogens (tertiary/aromatic N) is 1. The van der Waals surface area contributed by atoms with Gasteiger partial charge in [-0.25, -0.2) is 12.7 Å². The fraction of sp³-hybridized carbons (Fsp3) is 0.923. The highest BCUT2D eigenvalue weighted by Gasteiger charge is 2.26. The Morgan fingerprint density at radius 2 is 2.00 bits per heavy atom. The normalized spacial score (nSPS) is 25.8. The number of hydrogen-bond acceptors (Lipinski definition) is 4. The van der Waals surface area contributed by atoms with E-state index in [0.717, 1.165) is 25.9 Å². The summed E-state index contributed by atoms with van der Waals surface area (Å²) in [5.74, 6) is 0.0540. The first-order valence-electron chi connectivity index (χ1n) is 7.31. The molecule has 0 aromatic heterocycles. The minimum absolute atomic E-state index is 0.0540. The number of amides is 1. The number of carbonyl (C=O) groups excluding carboxylic acids is 1. The van der Waals surface area contributed by atoms with Gasteiger partial charge in [0.05, 0.1) is 12.4 Å². The Morgan fingerprint density at radius 3 is 2.55 bits per heavy atom. The van der Waals surface area contributed by atoms with Gasteiger partial charge in [0.2, 0.25) is 15.9 Å². The number of piperidine rings is 1. The van der Waals surface area contributed by atoms with E-state index in [9.17, 15) is 13.2 Å². The first-order valence-corrected chi connectivity index (χ1v) is 9.16. The Labute approximate surface area is 120 Å². The number of sulfonamides is 1. The molecule has 1 unspecified atom stereocenters. The van der Waals surface area contributed by atoms with Gasteiger partial charge in [-0.15, -0.1) is 0 Å². The fourth-order valence-electron chi connectivity index (χ4n) is 2.80. The highest BCUT2D eigenvalue weighted by atomic mass is 32.2. The van der Waals surface area contributed by atoms with Crippen LogP contribution < -0.4 is 5.32 Å². The lowest BCUT2D eigenvalue weighted by atomic mass is 10.1. The number of hydrogen-bond donors (Lipinski definition) is 1. The molecule has 0 aliphatic carbocycles. The maximum Gasteiger partial charge on any atom is 0.220 e. The lowest BCUT2D eigenvalue weighted by Crippen LogP contribution is -2.46. The van der Waals surface area contributed by atoms with Crippen LogP contribution in [0.4, 0.5) is 0 Å². The molecule has 1 amide bonds. The van der Waals surface area contributed by atoms with Crippen molar-refractivity contribution in [3.63, 3.8) is 0 Å². The first kappa shape index (κ1) is 15.7. The van der Waals surface area contributed by atoms with Crippen molar-refractivity contribution in [2.45, 2.75) is 50.7 Å². The van der Waals surface area contributed by atoms with Crippen molar-refractivity contribution in [3.05, 3.63) is 0 Å². The third-order valence-electron chi connectivity index (χ3n) is 4.01. The Hall–Kier alpha value is -0.660. The molecule has 2 aliphatic rings. The van der Waals surface area contributed by atoms with E-state index in [0.29, 0.717) is 32.4 Å². The van der Waals surface area contributed by atoms with Crippen LogP contribution in [0, 0.1) is 0 Å². The Bertz CT molecular complexity index is 424. The van der Waals surface area contributed by atoms with E-state index in [1.165, 1.54) is 10.6 Å². The summed E-state index contributed by atoms with van der Waals surface area (Å²) in [6.07, 6.45) is 6.29. The average Bonchev–Trinajstić information content (AvgIpc) is 2.89. The van der Waals surface area contributed by atoms with E-state index < -0.39 is 10.0 Å². The topological polar surface area (TPSA) is 75.7 Å². The molecule has 1 N–H and O–H groups in total. The van der Waals surface area contributed by atoms with Crippen LogP contribution in [0.3, 0.4) is 0 Å². The highest BCUT2D eigenvalue weighted by Crippen LogP contribution is 2.17. The second-order valence-electron chi connectivity index (χ2n) is 5.68. The van der Waals surface area contributed by atoms with Gasteiger partial charge in [0.25, 0.3) is 0 Å². The Balaban J connectivity index is 1.65. The van der Waals surface area contributed by atoms with E-state index in [4.69, 9.17) is 4.74 Å². The zero-order valence-electron chi connectivity index (χ0n) is 12.0. The molecular formula is C13H24N2O4S. The van der Waals surface area contributed by atoms with Crippen molar-refractivity contribution in [2.75, 3.05) is 26.0 Å². The average molecular weight is 304 g/mol. The summed E-state index contributed by atoms with van der Waals surface area (Å²) in [6.45, 7) is 1.81. The highest BCUT2D eigenvalue weighted by molar-refractivity contribution is 7.88. The van der Waals surface area contributed by atoms with E-state index in [2.05, 4.69) is 5.32 Å². The van der Waals surface area contributed by atoms with Gasteiger partial charge in [0.1, 0.15) is 0 Å². The molecule has 0 saturated carbocycles. The Kier molecular flexibility index (Phi) is 5.40. The van der Waals surface area contributed by atoms with Crippen molar-refractivity contribution in [1.82, 2.24) is 9.62 Å². The largest absolute Gasteiger partial charge is 0.378 e. The van der Waals surface area contributed by atoms with Gasteiger partial charge in [0.15, 0.2) is 0 Å². The summed E-state index contributed by atoms with van der Waals surface area (Å²) in [5.41, 5.74) is 0. The molecule has 20 heavy (non-hydrogen) atoms. The summed E-state index contributed by atoms with van der Waals surface area (Å²) >= 11 is 0. The summed E-state index contributed by atoms with van der Waals surface area (Å²) in [6, 6.07) is 0.102. The molecule has 0 aromatic carbocycles. The van der Waals surface area contributed by atoms with Crippen LogP contribution in [0.5, 0.6) is 0 Å². The van der Waals surface area contributed by atoms with Crippen molar-refractivity contribution in [2.24, 2.45) is 0 Å². The first-order chi connectivity index (χ1) is 9.45. The van der Waals surface area contributed by atoms with Gasteiger partial charge in [-0.3, -0.25) is 4.79 Å². The van der Waals surface area contributed by atoms with Gasteiger partial charge >= 0.3 is 0 Å². The molecule has 1 atom stereocenters. The predicted molar refractivity (Wildman–Crippen MR) is 75.8 cm³/mol. The molecule has 0 spiro atoms. The summed E-state index contributed by atoms with van der Waals surface area (Å²) in [5, 5.41) is 3.00. The second-order valence-corrected chi connectivity index (χ2v) is 7.66. The fourth-order valence-corrected chi connectivity index (χ4v) is 3.67. The van der Waals surface area contributed by atoms with Gasteiger partial charge in [-0.1, -0.05) is 0 Å². The van der Waals surface area contributed by atoms with E-state index in [1.807, 2.05) is 0 Å². The van der Waals surface area contributed by atoms with E-state index >= 15 is 0 Å². The van der Waals surface area contributed by atoms with Crippen molar-refractivity contribution in [1.29, 1.82) is 0 Å². The summed E-state index contributed by atoms with van der Waals surface area (Å²) in [4.78, 5) is 11.8. The smallest absolute Gasteiger partial charge is 0.220 e. The van der Waals surface area contributed by atoms with Crippen LogP contribution in [0.1, 0.15) is 38.5 Å². The van der Waals surface area contributed by atoms with Crippen LogP contribution >= 0.6 is 0 Å². The van der Waals surface area contributed by atoms with Crippen LogP contribution in [0.2, 0.25) is 0 Å². The zero-order chi connectivity index (χ0) is 14.6. The zero-order valence-corrected chi connectivity index (χ0v) is 12.8. The van der Waals surface area contributed by atoms with Gasteiger partial charge in [0, 0.05) is 32.2 Å². The van der Waals surface area contributed by atoms with Crippen molar-refractivity contribution >= 4 is 15.9 Å². The molecule has 2 aliphatic heterocycles. The molecule has 2 saturated heterocycles. The lowest BCUT2D eigenvalue weighted by molar-refractivity contribution is -0.122. The van der Waals surface area contributed by atoms with Gasteiger partial charge in [-0.2, -0.15) is 0 Å². The molecule has 2 heterocycles. The maximum absolute atomic E-state index is 11.8. The lowest BCUT2D eigenvalue weighted by Gasteiger charge is -2.30. The summed E-state index contributed by atoms with van der Waals surface area (Å²) in [7, 11) is -3.09. The molecule has 0 aromatic rings. The molecular weight excluding hydrogens is 280 g/mol. The van der Waals surface area contributed by atoms with Crippen molar-refractivity contribution in [3.8, 4) is 0 Å². The number of carbonyl (C=O) groups is 1. The van der Waals surface area contributed by atoms with Crippen molar-refractivity contribution < 1.29 is 17.9 Å². The molecule has 0 bridgehead atoms. The number of rotatable bonds is 5. The third-order valence-corrected chi connectivity index (χ3v) is 5.31. The van der Waals surface area contributed by atoms with E-state index in [-0.39, 0.29) is 18.1 Å². The predicted octanol–water partition coefficient (Wildman–Crippen LogP) is 0.486. The molecule has 7 heteroatoms. The minimum atomic E-state index is -3.09. The van der Waals surface area contributed by atoms with Gasteiger partial charge < -0.3 is 10.1 Å². The monoisotopic (exact) mass is 304 g/mol. The van der Waals surface area contributed by atoms with Crippen LogP contribution in [-0.4, -0.2) is 56.7 Å². The van der Waals surface area contributed by atoms with Gasteiger partial charge in [-0.05, 0) is 32.1 Å². The molecule has 116 valence electrons. The number of nitrogens with one attached hydrogen (secondary N) is 1. The maximum atomic E-state index is 11.8. The standard InChI is InChI=1S/C13H24N2O4S/c1-20(17,18)15-8-6-11(7-9-15)14-13(16)5-4-12-3-2-10-19-12/h11-12H,2-10H2,1H3,(H,14,16). The van der Waals surface area contributed by atoms with Crippen LogP contribution in [0.25, 0.3) is 0 Å². The van der Waals surface area contributed by atoms with Crippen LogP contribution in [-0.2, 0) is 19.6 Å². The Morgan fingerprint density at radius 1 is 1.30 bits per heavy atom. The SMILES string of the molecule is CS(=O)(=O)N1CCC(NC(=O)CCC2CCCO2)CC1.